The van der Waals surface area contributed by atoms with Crippen molar-refractivity contribution >= 4 is 0 Å². The molecule has 0 unspecified atom stereocenters. The quantitative estimate of drug-likeness (QED) is 0.542. The van der Waals surface area contributed by atoms with Gasteiger partial charge in [-0.2, -0.15) is 0 Å². The Bertz CT molecular complexity index is 652. The van der Waals surface area contributed by atoms with Gasteiger partial charge < -0.3 is 9.47 Å². The van der Waals surface area contributed by atoms with Gasteiger partial charge in [-0.05, 0) is 49.4 Å². The summed E-state index contributed by atoms with van der Waals surface area (Å²) in [5.41, 5.74) is 4.14. The molecule has 3 rings (SSSR count). The maximum absolute atomic E-state index is 4.97. The largest absolute Gasteiger partial charge is 0.497 e. The zero-order chi connectivity index (χ0) is 19.7. The summed E-state index contributed by atoms with van der Waals surface area (Å²) in [5, 5.41) is 0. The highest BCUT2D eigenvalue weighted by Gasteiger charge is 1.93. The molecule has 27 heavy (non-hydrogen) atoms. The van der Waals surface area contributed by atoms with E-state index in [1.54, 1.807) is 21.3 Å². The van der Waals surface area contributed by atoms with Crippen molar-refractivity contribution < 1.29 is 9.47 Å². The fourth-order valence-electron chi connectivity index (χ4n) is 2.46. The zero-order valence-electron chi connectivity index (χ0n) is 17.0. The average Bonchev–Trinajstić information content (AvgIpc) is 2.71. The predicted molar refractivity (Wildman–Crippen MR) is 116 cm³/mol. The molecule has 0 amide bonds. The molecule has 0 N–H and O–H groups in total. The first kappa shape index (κ1) is 22.5. The molecule has 0 aliphatic rings. The minimum atomic E-state index is 0.917. The van der Waals surface area contributed by atoms with Crippen molar-refractivity contribution in [3.8, 4) is 5.75 Å². The van der Waals surface area contributed by atoms with Crippen LogP contribution in [0.4, 0.5) is 0 Å². The van der Waals surface area contributed by atoms with E-state index in [0.29, 0.717) is 0 Å². The van der Waals surface area contributed by atoms with Crippen molar-refractivity contribution in [3.63, 3.8) is 0 Å². The Kier molecular flexibility index (Phi) is 12.1. The van der Waals surface area contributed by atoms with Gasteiger partial charge in [-0.1, -0.05) is 78.4 Å². The summed E-state index contributed by atoms with van der Waals surface area (Å²) in [6, 6.07) is 29.3. The number of hydrogen-bond acceptors (Lipinski definition) is 2. The second-order valence-electron chi connectivity index (χ2n) is 6.25. The molecule has 0 atom stereocenters. The molecule has 2 heteroatoms. The first-order valence-electron chi connectivity index (χ1n) is 9.28. The lowest BCUT2D eigenvalue weighted by Gasteiger charge is -2.01. The van der Waals surface area contributed by atoms with Gasteiger partial charge in [0, 0.05) is 14.2 Å². The Morgan fingerprint density at radius 3 is 1.37 bits per heavy atom. The maximum Gasteiger partial charge on any atom is 0.118 e. The lowest BCUT2D eigenvalue weighted by Crippen LogP contribution is -1.89. The monoisotopic (exact) mass is 364 g/mol. The number of hydrogen-bond donors (Lipinski definition) is 0. The summed E-state index contributed by atoms with van der Waals surface area (Å²) in [7, 11) is 4.92. The molecule has 144 valence electrons. The van der Waals surface area contributed by atoms with Crippen molar-refractivity contribution in [1.29, 1.82) is 0 Å². The number of rotatable bonds is 5. The van der Waals surface area contributed by atoms with Crippen LogP contribution in [0.5, 0.6) is 5.75 Å². The fraction of sp³-hybridized carbons (Fsp3) is 0.280. The van der Waals surface area contributed by atoms with Crippen LogP contribution in [-0.2, 0) is 17.6 Å². The molecular formula is C25H32O2. The lowest BCUT2D eigenvalue weighted by atomic mass is 10.0. The van der Waals surface area contributed by atoms with Crippen molar-refractivity contribution in [3.05, 3.63) is 102 Å². The molecule has 0 bridgehead atoms. The molecule has 0 aliphatic carbocycles. The minimum absolute atomic E-state index is 0.917. The van der Waals surface area contributed by atoms with E-state index in [-0.39, 0.29) is 0 Å². The van der Waals surface area contributed by atoms with Crippen LogP contribution >= 0.6 is 0 Å². The Hall–Kier alpha value is -2.58. The van der Waals surface area contributed by atoms with Crippen LogP contribution in [0.2, 0.25) is 0 Å². The number of methoxy groups -OCH3 is 2. The summed E-state index contributed by atoms with van der Waals surface area (Å²) in [6.07, 6.45) is 3.58. The van der Waals surface area contributed by atoms with E-state index in [1.165, 1.54) is 36.0 Å². The summed E-state index contributed by atoms with van der Waals surface area (Å²) in [4.78, 5) is 0. The van der Waals surface area contributed by atoms with Crippen LogP contribution < -0.4 is 4.74 Å². The molecule has 0 radical (unpaired) electrons. The highest BCUT2D eigenvalue weighted by atomic mass is 16.5. The van der Waals surface area contributed by atoms with Gasteiger partial charge in [-0.25, -0.2) is 0 Å². The second-order valence-corrected chi connectivity index (χ2v) is 6.25. The lowest BCUT2D eigenvalue weighted by molar-refractivity contribution is 0.277. The first-order chi connectivity index (χ1) is 13.2. The van der Waals surface area contributed by atoms with Crippen molar-refractivity contribution in [2.45, 2.75) is 26.2 Å². The Balaban J connectivity index is 0.000000259. The minimum Gasteiger partial charge on any atom is -0.497 e. The van der Waals surface area contributed by atoms with E-state index in [4.69, 9.17) is 4.74 Å². The third-order valence-corrected chi connectivity index (χ3v) is 3.87. The average molecular weight is 365 g/mol. The topological polar surface area (TPSA) is 18.5 Å². The van der Waals surface area contributed by atoms with Crippen molar-refractivity contribution in [1.82, 2.24) is 0 Å². The standard InChI is InChI=1S/C15H16.C8H10O.C2H6O/c1-3-8-14(9-4-1)12-7-13-15-10-5-2-6-11-15;1-7-3-5-8(9-2)6-4-7;1-3-2/h1-6,8-11H,7,12-13H2;3-6H,1-2H3;1-2H3. The Morgan fingerprint density at radius 1 is 0.593 bits per heavy atom. The predicted octanol–water partition coefficient (Wildman–Crippen LogP) is 6.13. The van der Waals surface area contributed by atoms with Crippen LogP contribution in [0.1, 0.15) is 23.1 Å². The van der Waals surface area contributed by atoms with E-state index < -0.39 is 0 Å². The van der Waals surface area contributed by atoms with Crippen LogP contribution in [-0.4, -0.2) is 21.3 Å². The molecule has 0 aromatic heterocycles. The third-order valence-electron chi connectivity index (χ3n) is 3.87. The van der Waals surface area contributed by atoms with Gasteiger partial charge in [0.2, 0.25) is 0 Å². The smallest absolute Gasteiger partial charge is 0.118 e. The van der Waals surface area contributed by atoms with Gasteiger partial charge >= 0.3 is 0 Å². The third kappa shape index (κ3) is 10.9. The molecule has 0 saturated heterocycles. The van der Waals surface area contributed by atoms with Crippen molar-refractivity contribution in [2.24, 2.45) is 0 Å². The summed E-state index contributed by atoms with van der Waals surface area (Å²) >= 11 is 0. The molecule has 0 heterocycles. The Labute approximate surface area is 164 Å². The number of aryl methyl sites for hydroxylation is 3. The van der Waals surface area contributed by atoms with Gasteiger partial charge in [0.05, 0.1) is 7.11 Å². The molecule has 3 aromatic rings. The maximum atomic E-state index is 4.97. The molecule has 0 aliphatic heterocycles. The summed E-state index contributed by atoms with van der Waals surface area (Å²) in [5.74, 6) is 0.917. The van der Waals surface area contributed by atoms with E-state index in [9.17, 15) is 0 Å². The first-order valence-corrected chi connectivity index (χ1v) is 9.28. The van der Waals surface area contributed by atoms with Gasteiger partial charge in [-0.15, -0.1) is 0 Å². The normalized spacial score (nSPS) is 9.33. The van der Waals surface area contributed by atoms with E-state index in [1.807, 2.05) is 24.3 Å². The molecule has 3 aromatic carbocycles. The van der Waals surface area contributed by atoms with E-state index in [2.05, 4.69) is 72.3 Å². The molecule has 0 saturated carbocycles. The number of ether oxygens (including phenoxy) is 2. The van der Waals surface area contributed by atoms with Crippen LogP contribution in [0, 0.1) is 6.92 Å². The highest BCUT2D eigenvalue weighted by molar-refractivity contribution is 5.25. The number of benzene rings is 3. The van der Waals surface area contributed by atoms with E-state index in [0.717, 1.165) is 5.75 Å². The van der Waals surface area contributed by atoms with Gasteiger partial charge in [-0.3, -0.25) is 0 Å². The van der Waals surface area contributed by atoms with Gasteiger partial charge in [0.15, 0.2) is 0 Å². The molecule has 0 fully saturated rings. The van der Waals surface area contributed by atoms with Crippen molar-refractivity contribution in [2.75, 3.05) is 21.3 Å². The highest BCUT2D eigenvalue weighted by Crippen LogP contribution is 2.09. The second kappa shape index (κ2) is 14.6. The SMILES string of the molecule is COC.COc1ccc(C)cc1.c1ccc(CCCc2ccccc2)cc1. The van der Waals surface area contributed by atoms with Gasteiger partial charge in [0.1, 0.15) is 5.75 Å². The fourth-order valence-corrected chi connectivity index (χ4v) is 2.46. The van der Waals surface area contributed by atoms with Crippen LogP contribution in [0.3, 0.4) is 0 Å². The molecular weight excluding hydrogens is 332 g/mol. The van der Waals surface area contributed by atoms with E-state index >= 15 is 0 Å². The van der Waals surface area contributed by atoms with Crippen LogP contribution in [0.25, 0.3) is 0 Å². The van der Waals surface area contributed by atoms with Crippen LogP contribution in [0.15, 0.2) is 84.9 Å². The Morgan fingerprint density at radius 2 is 1.00 bits per heavy atom. The van der Waals surface area contributed by atoms with Gasteiger partial charge in [0.25, 0.3) is 0 Å². The zero-order valence-corrected chi connectivity index (χ0v) is 17.0. The summed E-state index contributed by atoms with van der Waals surface area (Å²) in [6.45, 7) is 2.06. The molecule has 0 spiro atoms. The summed E-state index contributed by atoms with van der Waals surface area (Å²) < 4.78 is 9.22. The molecule has 2 nitrogen and oxygen atoms in total.